The summed E-state index contributed by atoms with van der Waals surface area (Å²) in [5, 5.41) is 8.77. The molecule has 0 atom stereocenters. The fraction of sp³-hybridized carbons (Fsp3) is 0.231. The predicted octanol–water partition coefficient (Wildman–Crippen LogP) is 3.31. The first-order valence-corrected chi connectivity index (χ1v) is 7.57. The maximum absolute atomic E-state index is 10.7. The monoisotopic (exact) mass is 292 g/mol. The van der Waals surface area contributed by atoms with Crippen molar-refractivity contribution in [3.63, 3.8) is 0 Å². The molecule has 0 spiro atoms. The molecule has 3 rings (SSSR count). The number of hydrogen-bond acceptors (Lipinski definition) is 4. The summed E-state index contributed by atoms with van der Waals surface area (Å²) < 4.78 is 1.91. The Morgan fingerprint density at radius 2 is 2.16 bits per heavy atom. The van der Waals surface area contributed by atoms with Crippen molar-refractivity contribution >= 4 is 33.6 Å². The summed E-state index contributed by atoms with van der Waals surface area (Å²) in [4.78, 5) is 19.4. The number of aryl methyl sites for hydroxylation is 1. The van der Waals surface area contributed by atoms with Gasteiger partial charge in [0.1, 0.15) is 5.69 Å². The van der Waals surface area contributed by atoms with E-state index < -0.39 is 5.97 Å². The second-order valence-corrected chi connectivity index (χ2v) is 6.47. The molecule has 0 saturated heterocycles. The highest BCUT2D eigenvalue weighted by atomic mass is 32.1. The largest absolute Gasteiger partial charge is 0.481 e. The Morgan fingerprint density at radius 3 is 2.79 bits per heavy atom. The van der Waals surface area contributed by atoms with E-state index in [1.165, 1.54) is 16.2 Å². The smallest absolute Gasteiger partial charge is 0.308 e. The number of carbonyl (C=O) groups is 1. The Kier molecular flexibility index (Phi) is 3.12. The summed E-state index contributed by atoms with van der Waals surface area (Å²) >= 11 is 3.18. The number of nitrogens with zero attached hydrogens (tertiary/aromatic N) is 2. The van der Waals surface area contributed by atoms with Gasteiger partial charge < -0.3 is 5.11 Å². The topological polar surface area (TPSA) is 54.6 Å². The number of aliphatic carboxylic acids is 1. The van der Waals surface area contributed by atoms with Crippen molar-refractivity contribution in [3.8, 4) is 10.6 Å². The molecule has 0 amide bonds. The van der Waals surface area contributed by atoms with E-state index >= 15 is 0 Å². The quantitative estimate of drug-likeness (QED) is 0.802. The third kappa shape index (κ3) is 2.41. The van der Waals surface area contributed by atoms with Crippen LogP contribution in [0, 0.1) is 0 Å². The van der Waals surface area contributed by atoms with Gasteiger partial charge >= 0.3 is 5.97 Å². The van der Waals surface area contributed by atoms with Gasteiger partial charge in [-0.3, -0.25) is 9.20 Å². The lowest BCUT2D eigenvalue weighted by atomic mass is 10.3. The highest BCUT2D eigenvalue weighted by molar-refractivity contribution is 7.17. The van der Waals surface area contributed by atoms with Gasteiger partial charge in [-0.25, -0.2) is 4.98 Å². The highest BCUT2D eigenvalue weighted by Crippen LogP contribution is 2.29. The molecule has 4 nitrogen and oxygen atoms in total. The number of hydrogen-bond donors (Lipinski definition) is 1. The van der Waals surface area contributed by atoms with Crippen molar-refractivity contribution in [2.75, 3.05) is 0 Å². The number of fused-ring (bicyclic) bond motifs is 1. The second-order valence-electron chi connectivity index (χ2n) is 4.20. The molecular weight excluding hydrogens is 280 g/mol. The molecule has 0 aliphatic carbocycles. The normalized spacial score (nSPS) is 11.2. The summed E-state index contributed by atoms with van der Waals surface area (Å²) in [6.07, 6.45) is 4.90. The Hall–Kier alpha value is -1.66. The van der Waals surface area contributed by atoms with Crippen LogP contribution in [0.1, 0.15) is 16.7 Å². The molecule has 3 aromatic heterocycles. The molecule has 0 fully saturated rings. The van der Waals surface area contributed by atoms with E-state index in [9.17, 15) is 4.79 Å². The van der Waals surface area contributed by atoms with E-state index in [2.05, 4.69) is 24.0 Å². The lowest BCUT2D eigenvalue weighted by molar-refractivity contribution is -0.136. The van der Waals surface area contributed by atoms with Gasteiger partial charge in [-0.15, -0.1) is 22.7 Å². The maximum atomic E-state index is 10.7. The summed E-state index contributed by atoms with van der Waals surface area (Å²) in [7, 11) is 0. The van der Waals surface area contributed by atoms with E-state index in [1.807, 2.05) is 16.8 Å². The molecule has 0 aliphatic rings. The molecule has 0 unspecified atom stereocenters. The van der Waals surface area contributed by atoms with Crippen LogP contribution in [0.5, 0.6) is 0 Å². The molecule has 3 heterocycles. The predicted molar refractivity (Wildman–Crippen MR) is 77.1 cm³/mol. The van der Waals surface area contributed by atoms with Crippen LogP contribution >= 0.6 is 22.7 Å². The lowest BCUT2D eigenvalue weighted by Gasteiger charge is -1.89. The lowest BCUT2D eigenvalue weighted by Crippen LogP contribution is -1.97. The third-order valence-corrected chi connectivity index (χ3v) is 5.04. The van der Waals surface area contributed by atoms with Crippen LogP contribution < -0.4 is 0 Å². The first-order valence-electron chi connectivity index (χ1n) is 5.94. The number of carboxylic acids is 1. The minimum absolute atomic E-state index is 0.0579. The minimum Gasteiger partial charge on any atom is -0.481 e. The SMILES string of the molecule is CCc1ccc(-c2cn3cc(CC(=O)O)sc3n2)s1. The van der Waals surface area contributed by atoms with Gasteiger partial charge in [0.2, 0.25) is 0 Å². The van der Waals surface area contributed by atoms with Crippen molar-refractivity contribution in [1.82, 2.24) is 9.38 Å². The van der Waals surface area contributed by atoms with Gasteiger partial charge in [0, 0.05) is 22.1 Å². The van der Waals surface area contributed by atoms with Crippen molar-refractivity contribution < 1.29 is 9.90 Å². The van der Waals surface area contributed by atoms with Crippen molar-refractivity contribution in [2.24, 2.45) is 0 Å². The van der Waals surface area contributed by atoms with Crippen LogP contribution in [0.3, 0.4) is 0 Å². The third-order valence-electron chi connectivity index (χ3n) is 2.79. The average molecular weight is 292 g/mol. The number of thiophene rings is 1. The van der Waals surface area contributed by atoms with E-state index in [0.717, 1.165) is 26.8 Å². The number of rotatable bonds is 4. The van der Waals surface area contributed by atoms with Crippen LogP contribution in [-0.2, 0) is 17.6 Å². The van der Waals surface area contributed by atoms with Crippen LogP contribution in [-0.4, -0.2) is 20.5 Å². The summed E-state index contributed by atoms with van der Waals surface area (Å²) in [5.74, 6) is -0.810. The number of aromatic nitrogens is 2. The van der Waals surface area contributed by atoms with Gasteiger partial charge in [-0.05, 0) is 18.6 Å². The Bertz CT molecular complexity index is 707. The summed E-state index contributed by atoms with van der Waals surface area (Å²) in [6, 6.07) is 4.22. The average Bonchev–Trinajstić information content (AvgIpc) is 2.99. The van der Waals surface area contributed by atoms with Gasteiger partial charge in [-0.1, -0.05) is 6.92 Å². The van der Waals surface area contributed by atoms with E-state index in [-0.39, 0.29) is 6.42 Å². The molecule has 0 radical (unpaired) electrons. The van der Waals surface area contributed by atoms with Crippen LogP contribution in [0.15, 0.2) is 24.5 Å². The fourth-order valence-corrected chi connectivity index (χ4v) is 3.75. The Morgan fingerprint density at radius 1 is 1.32 bits per heavy atom. The van der Waals surface area contributed by atoms with Crippen molar-refractivity contribution in [2.45, 2.75) is 19.8 Å². The molecule has 0 aliphatic heterocycles. The van der Waals surface area contributed by atoms with Crippen LogP contribution in [0.2, 0.25) is 0 Å². The molecule has 0 aromatic carbocycles. The number of carboxylic acid groups (broad SMARTS) is 1. The highest BCUT2D eigenvalue weighted by Gasteiger charge is 2.11. The fourth-order valence-electron chi connectivity index (χ4n) is 1.90. The molecule has 3 aromatic rings. The molecule has 19 heavy (non-hydrogen) atoms. The number of thiazole rings is 1. The van der Waals surface area contributed by atoms with Crippen LogP contribution in [0.4, 0.5) is 0 Å². The van der Waals surface area contributed by atoms with E-state index in [1.54, 1.807) is 11.3 Å². The zero-order valence-electron chi connectivity index (χ0n) is 10.3. The van der Waals surface area contributed by atoms with Crippen LogP contribution in [0.25, 0.3) is 15.5 Å². The minimum atomic E-state index is -0.810. The molecule has 6 heteroatoms. The first kappa shape index (κ1) is 12.4. The molecular formula is C13H12N2O2S2. The summed E-state index contributed by atoms with van der Waals surface area (Å²) in [5.41, 5.74) is 0.956. The Labute approximate surface area is 118 Å². The molecule has 1 N–H and O–H groups in total. The maximum Gasteiger partial charge on any atom is 0.308 e. The standard InChI is InChI=1S/C13H12N2O2S2/c1-2-8-3-4-11(18-8)10-7-15-6-9(5-12(16)17)19-13(15)14-10/h3-4,6-7H,2,5H2,1H3,(H,16,17). The van der Waals surface area contributed by atoms with Crippen molar-refractivity contribution in [3.05, 3.63) is 34.3 Å². The van der Waals surface area contributed by atoms with Gasteiger partial charge in [-0.2, -0.15) is 0 Å². The van der Waals surface area contributed by atoms with Gasteiger partial charge in [0.15, 0.2) is 4.96 Å². The van der Waals surface area contributed by atoms with E-state index in [0.29, 0.717) is 0 Å². The van der Waals surface area contributed by atoms with Gasteiger partial charge in [0.25, 0.3) is 0 Å². The second kappa shape index (κ2) is 4.79. The molecule has 0 bridgehead atoms. The van der Waals surface area contributed by atoms with Gasteiger partial charge in [0.05, 0.1) is 11.3 Å². The zero-order valence-corrected chi connectivity index (χ0v) is 11.9. The van der Waals surface area contributed by atoms with E-state index in [4.69, 9.17) is 5.11 Å². The van der Waals surface area contributed by atoms with Crippen molar-refractivity contribution in [1.29, 1.82) is 0 Å². The first-order chi connectivity index (χ1) is 9.15. The Balaban J connectivity index is 1.94. The molecule has 0 saturated carbocycles. The zero-order chi connectivity index (χ0) is 13.4. The summed E-state index contributed by atoms with van der Waals surface area (Å²) in [6.45, 7) is 2.14. The molecule has 98 valence electrons. The number of imidazole rings is 1.